The lowest BCUT2D eigenvalue weighted by Crippen LogP contribution is -2.41. The summed E-state index contributed by atoms with van der Waals surface area (Å²) in [5, 5.41) is 6.63. The average Bonchev–Trinajstić information content (AvgIpc) is 2.34. The van der Waals surface area contributed by atoms with Crippen LogP contribution in [0.15, 0.2) is 24.3 Å². The Hall–Kier alpha value is -0.770. The molecule has 5 heteroatoms. The Labute approximate surface area is 126 Å². The minimum atomic E-state index is -0.613. The first kappa shape index (κ1) is 18.2. The quantitative estimate of drug-likeness (QED) is 0.794. The molecule has 1 amide bonds. The highest BCUT2D eigenvalue weighted by molar-refractivity contribution is 6.31. The van der Waals surface area contributed by atoms with Crippen LogP contribution in [-0.4, -0.2) is 26.0 Å². The SMILES string of the molecule is CNCCCNC(=O)C(C)(C)c1ccccc1Cl.Cl. The summed E-state index contributed by atoms with van der Waals surface area (Å²) in [4.78, 5) is 12.2. The molecule has 19 heavy (non-hydrogen) atoms. The Morgan fingerprint density at radius 1 is 1.26 bits per heavy atom. The van der Waals surface area contributed by atoms with Gasteiger partial charge in [0, 0.05) is 11.6 Å². The van der Waals surface area contributed by atoms with E-state index in [1.54, 1.807) is 0 Å². The van der Waals surface area contributed by atoms with Crippen molar-refractivity contribution in [2.24, 2.45) is 0 Å². The molecule has 1 rings (SSSR count). The van der Waals surface area contributed by atoms with Crippen LogP contribution in [0.1, 0.15) is 25.8 Å². The zero-order valence-electron chi connectivity index (χ0n) is 11.6. The maximum atomic E-state index is 12.2. The van der Waals surface area contributed by atoms with Crippen LogP contribution in [0.2, 0.25) is 5.02 Å². The summed E-state index contributed by atoms with van der Waals surface area (Å²) in [6, 6.07) is 7.48. The number of hydrogen-bond acceptors (Lipinski definition) is 2. The molecule has 0 atom stereocenters. The fourth-order valence-electron chi connectivity index (χ4n) is 1.78. The van der Waals surface area contributed by atoms with Crippen LogP contribution in [0.5, 0.6) is 0 Å². The standard InChI is InChI=1S/C14H21ClN2O.ClH/c1-14(2,11-7-4-5-8-12(11)15)13(18)17-10-6-9-16-3;/h4-5,7-8,16H,6,9-10H2,1-3H3,(H,17,18);1H. The van der Waals surface area contributed by atoms with E-state index in [1.807, 2.05) is 45.2 Å². The molecule has 108 valence electrons. The Morgan fingerprint density at radius 3 is 2.47 bits per heavy atom. The molecular weight excluding hydrogens is 283 g/mol. The van der Waals surface area contributed by atoms with Crippen LogP contribution in [0, 0.1) is 0 Å². The van der Waals surface area contributed by atoms with Crippen molar-refractivity contribution in [2.75, 3.05) is 20.1 Å². The van der Waals surface area contributed by atoms with E-state index >= 15 is 0 Å². The van der Waals surface area contributed by atoms with Gasteiger partial charge in [0.2, 0.25) is 5.91 Å². The smallest absolute Gasteiger partial charge is 0.230 e. The van der Waals surface area contributed by atoms with Crippen molar-refractivity contribution in [3.8, 4) is 0 Å². The summed E-state index contributed by atoms with van der Waals surface area (Å²) < 4.78 is 0. The molecule has 0 saturated carbocycles. The summed E-state index contributed by atoms with van der Waals surface area (Å²) in [5.74, 6) is 0.00621. The molecule has 0 aromatic heterocycles. The molecule has 0 radical (unpaired) electrons. The van der Waals surface area contributed by atoms with Crippen molar-refractivity contribution in [2.45, 2.75) is 25.7 Å². The molecule has 0 saturated heterocycles. The highest BCUT2D eigenvalue weighted by Crippen LogP contribution is 2.29. The molecule has 2 N–H and O–H groups in total. The molecule has 3 nitrogen and oxygen atoms in total. The molecular formula is C14H22Cl2N2O. The molecule has 0 unspecified atom stereocenters. The summed E-state index contributed by atoms with van der Waals surface area (Å²) in [6.45, 7) is 5.35. The zero-order chi connectivity index (χ0) is 13.6. The van der Waals surface area contributed by atoms with Crippen LogP contribution in [-0.2, 0) is 10.2 Å². The summed E-state index contributed by atoms with van der Waals surface area (Å²) in [7, 11) is 1.90. The predicted molar refractivity (Wildman–Crippen MR) is 83.3 cm³/mol. The number of amides is 1. The van der Waals surface area contributed by atoms with Gasteiger partial charge in [0.25, 0.3) is 0 Å². The second-order valence-corrected chi connectivity index (χ2v) is 5.23. The van der Waals surface area contributed by atoms with Gasteiger partial charge in [-0.05, 0) is 45.5 Å². The third-order valence-electron chi connectivity index (χ3n) is 3.00. The third kappa shape index (κ3) is 5.01. The maximum Gasteiger partial charge on any atom is 0.230 e. The second kappa shape index (κ2) is 8.41. The number of halogens is 2. The first-order chi connectivity index (χ1) is 8.50. The van der Waals surface area contributed by atoms with Crippen LogP contribution >= 0.6 is 24.0 Å². The minimum Gasteiger partial charge on any atom is -0.355 e. The van der Waals surface area contributed by atoms with E-state index in [9.17, 15) is 4.79 Å². The van der Waals surface area contributed by atoms with Crippen LogP contribution in [0.25, 0.3) is 0 Å². The Morgan fingerprint density at radius 2 is 1.89 bits per heavy atom. The molecule has 0 aliphatic heterocycles. The van der Waals surface area contributed by atoms with E-state index in [1.165, 1.54) is 0 Å². The van der Waals surface area contributed by atoms with Crippen molar-refractivity contribution >= 4 is 29.9 Å². The fourth-order valence-corrected chi connectivity index (χ4v) is 2.15. The maximum absolute atomic E-state index is 12.2. The molecule has 0 bridgehead atoms. The highest BCUT2D eigenvalue weighted by atomic mass is 35.5. The van der Waals surface area contributed by atoms with Crippen molar-refractivity contribution < 1.29 is 4.79 Å². The van der Waals surface area contributed by atoms with Crippen LogP contribution < -0.4 is 10.6 Å². The van der Waals surface area contributed by atoms with Crippen LogP contribution in [0.4, 0.5) is 0 Å². The minimum absolute atomic E-state index is 0. The topological polar surface area (TPSA) is 41.1 Å². The van der Waals surface area contributed by atoms with Gasteiger partial charge in [-0.3, -0.25) is 4.79 Å². The molecule has 1 aromatic carbocycles. The largest absolute Gasteiger partial charge is 0.355 e. The second-order valence-electron chi connectivity index (χ2n) is 4.82. The summed E-state index contributed by atoms with van der Waals surface area (Å²) in [5.41, 5.74) is 0.246. The number of carbonyl (C=O) groups is 1. The van der Waals surface area contributed by atoms with Gasteiger partial charge >= 0.3 is 0 Å². The lowest BCUT2D eigenvalue weighted by molar-refractivity contribution is -0.125. The van der Waals surface area contributed by atoms with E-state index in [4.69, 9.17) is 11.6 Å². The Balaban J connectivity index is 0.00000324. The molecule has 0 aliphatic carbocycles. The molecule has 0 aliphatic rings. The zero-order valence-corrected chi connectivity index (χ0v) is 13.2. The normalized spacial score (nSPS) is 10.7. The Kier molecular flexibility index (Phi) is 8.07. The number of carbonyl (C=O) groups excluding carboxylic acids is 1. The lowest BCUT2D eigenvalue weighted by Gasteiger charge is -2.25. The van der Waals surface area contributed by atoms with E-state index < -0.39 is 5.41 Å². The van der Waals surface area contributed by atoms with Gasteiger partial charge in [-0.25, -0.2) is 0 Å². The van der Waals surface area contributed by atoms with Crippen molar-refractivity contribution in [1.82, 2.24) is 10.6 Å². The van der Waals surface area contributed by atoms with E-state index in [-0.39, 0.29) is 18.3 Å². The predicted octanol–water partition coefficient (Wildman–Crippen LogP) is 2.77. The molecule has 1 aromatic rings. The fraction of sp³-hybridized carbons (Fsp3) is 0.500. The lowest BCUT2D eigenvalue weighted by atomic mass is 9.83. The van der Waals surface area contributed by atoms with Gasteiger partial charge in [-0.1, -0.05) is 29.8 Å². The van der Waals surface area contributed by atoms with E-state index in [2.05, 4.69) is 10.6 Å². The van der Waals surface area contributed by atoms with Gasteiger partial charge in [0.15, 0.2) is 0 Å². The Bertz CT molecular complexity index is 408. The van der Waals surface area contributed by atoms with Crippen molar-refractivity contribution in [3.05, 3.63) is 34.9 Å². The number of hydrogen-bond donors (Lipinski definition) is 2. The molecule has 0 spiro atoms. The highest BCUT2D eigenvalue weighted by Gasteiger charge is 2.31. The first-order valence-electron chi connectivity index (χ1n) is 6.18. The van der Waals surface area contributed by atoms with E-state index in [0.717, 1.165) is 18.5 Å². The number of nitrogens with one attached hydrogen (secondary N) is 2. The first-order valence-corrected chi connectivity index (χ1v) is 6.56. The van der Waals surface area contributed by atoms with Gasteiger partial charge < -0.3 is 10.6 Å². The summed E-state index contributed by atoms with van der Waals surface area (Å²) in [6.07, 6.45) is 0.918. The van der Waals surface area contributed by atoms with Crippen molar-refractivity contribution in [3.63, 3.8) is 0 Å². The van der Waals surface area contributed by atoms with Gasteiger partial charge in [-0.2, -0.15) is 0 Å². The van der Waals surface area contributed by atoms with E-state index in [0.29, 0.717) is 11.6 Å². The van der Waals surface area contributed by atoms with Gasteiger partial charge in [0.1, 0.15) is 0 Å². The monoisotopic (exact) mass is 304 g/mol. The summed E-state index contributed by atoms with van der Waals surface area (Å²) >= 11 is 6.15. The van der Waals surface area contributed by atoms with Gasteiger partial charge in [-0.15, -0.1) is 12.4 Å². The average molecular weight is 305 g/mol. The number of benzene rings is 1. The molecule has 0 heterocycles. The van der Waals surface area contributed by atoms with Crippen molar-refractivity contribution in [1.29, 1.82) is 0 Å². The third-order valence-corrected chi connectivity index (χ3v) is 3.33. The molecule has 0 fully saturated rings. The van der Waals surface area contributed by atoms with Crippen LogP contribution in [0.3, 0.4) is 0 Å². The number of rotatable bonds is 6. The van der Waals surface area contributed by atoms with Gasteiger partial charge in [0.05, 0.1) is 5.41 Å².